The van der Waals surface area contributed by atoms with Crippen LogP contribution in [0.2, 0.25) is 0 Å². The molecule has 0 aliphatic heterocycles. The molecule has 0 radical (unpaired) electrons. The molecule has 0 fully saturated rings. The van der Waals surface area contributed by atoms with Crippen molar-refractivity contribution >= 4 is 5.97 Å². The predicted octanol–water partition coefficient (Wildman–Crippen LogP) is 4.49. The molecular weight excluding hydrogens is 326 g/mol. The van der Waals surface area contributed by atoms with Crippen molar-refractivity contribution < 1.29 is 14.3 Å². The monoisotopic (exact) mass is 343 g/mol. The number of nitrogens with zero attached hydrogens (tertiary/aromatic N) is 1. The first kappa shape index (κ1) is 17.2. The Balaban J connectivity index is 1.66. The number of hydrogen-bond acceptors (Lipinski definition) is 4. The Morgan fingerprint density at radius 3 is 2.46 bits per heavy atom. The maximum absolute atomic E-state index is 12.5. The Hall–Kier alpha value is -3.58. The summed E-state index contributed by atoms with van der Waals surface area (Å²) in [6.07, 6.45) is 0. The molecule has 4 nitrogen and oxygen atoms in total. The minimum absolute atomic E-state index is 0.113. The molecule has 0 aromatic heterocycles. The van der Waals surface area contributed by atoms with E-state index in [1.165, 1.54) is 0 Å². The number of nitriles is 1. The minimum Gasteiger partial charge on any atom is -0.489 e. The van der Waals surface area contributed by atoms with E-state index in [-0.39, 0.29) is 13.2 Å². The molecule has 0 saturated carbocycles. The average Bonchev–Trinajstić information content (AvgIpc) is 2.71. The molecule has 0 N–H and O–H groups in total. The highest BCUT2D eigenvalue weighted by Crippen LogP contribution is 2.16. The first-order valence-corrected chi connectivity index (χ1v) is 8.18. The number of para-hydroxylation sites is 1. The normalized spacial score (nSPS) is 9.96. The molecule has 0 aliphatic rings. The van der Waals surface area contributed by atoms with Crippen molar-refractivity contribution in [1.29, 1.82) is 5.26 Å². The number of benzene rings is 3. The van der Waals surface area contributed by atoms with E-state index in [4.69, 9.17) is 14.7 Å². The van der Waals surface area contributed by atoms with Crippen molar-refractivity contribution in [2.24, 2.45) is 0 Å². The van der Waals surface area contributed by atoms with Gasteiger partial charge in [0.15, 0.2) is 0 Å². The minimum atomic E-state index is -0.417. The molecule has 26 heavy (non-hydrogen) atoms. The second kappa shape index (κ2) is 8.50. The van der Waals surface area contributed by atoms with Crippen LogP contribution in [0, 0.1) is 11.3 Å². The van der Waals surface area contributed by atoms with E-state index in [0.29, 0.717) is 11.1 Å². The maximum atomic E-state index is 12.5. The lowest BCUT2D eigenvalue weighted by atomic mass is 10.1. The van der Waals surface area contributed by atoms with Crippen LogP contribution in [0.15, 0.2) is 78.9 Å². The topological polar surface area (TPSA) is 59.3 Å². The van der Waals surface area contributed by atoms with Gasteiger partial charge in [-0.05, 0) is 35.9 Å². The van der Waals surface area contributed by atoms with Crippen LogP contribution in [0.5, 0.6) is 5.75 Å². The highest BCUT2D eigenvalue weighted by atomic mass is 16.5. The molecule has 0 atom stereocenters. The van der Waals surface area contributed by atoms with Gasteiger partial charge in [-0.3, -0.25) is 0 Å². The van der Waals surface area contributed by atoms with E-state index < -0.39 is 5.97 Å². The van der Waals surface area contributed by atoms with Gasteiger partial charge in [-0.1, -0.05) is 48.5 Å². The summed E-state index contributed by atoms with van der Waals surface area (Å²) in [5, 5.41) is 8.94. The summed E-state index contributed by atoms with van der Waals surface area (Å²) < 4.78 is 11.1. The summed E-state index contributed by atoms with van der Waals surface area (Å²) in [7, 11) is 0. The number of rotatable bonds is 6. The SMILES string of the molecule is N#Cc1cccc(COC(=O)c2ccccc2COc2ccccc2)c1. The van der Waals surface area contributed by atoms with Crippen LogP contribution >= 0.6 is 0 Å². The van der Waals surface area contributed by atoms with Crippen LogP contribution in [0.3, 0.4) is 0 Å². The number of esters is 1. The smallest absolute Gasteiger partial charge is 0.338 e. The lowest BCUT2D eigenvalue weighted by Crippen LogP contribution is -2.10. The highest BCUT2D eigenvalue weighted by Gasteiger charge is 2.13. The third-order valence-corrected chi connectivity index (χ3v) is 3.80. The summed E-state index contributed by atoms with van der Waals surface area (Å²) in [4.78, 5) is 12.5. The second-order valence-electron chi connectivity index (χ2n) is 5.65. The molecule has 0 unspecified atom stereocenters. The Bertz CT molecular complexity index is 929. The van der Waals surface area contributed by atoms with E-state index in [1.807, 2.05) is 48.5 Å². The molecular formula is C22H17NO3. The second-order valence-corrected chi connectivity index (χ2v) is 5.65. The molecule has 0 amide bonds. The third-order valence-electron chi connectivity index (χ3n) is 3.80. The van der Waals surface area contributed by atoms with Crippen molar-refractivity contribution in [3.8, 4) is 11.8 Å². The van der Waals surface area contributed by atoms with Crippen molar-refractivity contribution in [2.45, 2.75) is 13.2 Å². The van der Waals surface area contributed by atoms with E-state index in [2.05, 4.69) is 6.07 Å². The van der Waals surface area contributed by atoms with Gasteiger partial charge >= 0.3 is 5.97 Å². The van der Waals surface area contributed by atoms with Crippen molar-refractivity contribution in [3.63, 3.8) is 0 Å². The molecule has 4 heteroatoms. The standard InChI is InChI=1S/C22H17NO3/c23-14-17-7-6-8-18(13-17)15-26-22(24)21-12-5-4-9-19(21)16-25-20-10-2-1-3-11-20/h1-13H,15-16H2. The van der Waals surface area contributed by atoms with E-state index in [1.54, 1.807) is 30.3 Å². The van der Waals surface area contributed by atoms with E-state index in [9.17, 15) is 4.79 Å². The fraction of sp³-hybridized carbons (Fsp3) is 0.0909. The summed E-state index contributed by atoms with van der Waals surface area (Å²) in [5.41, 5.74) is 2.54. The lowest BCUT2D eigenvalue weighted by molar-refractivity contribution is 0.0469. The quantitative estimate of drug-likeness (QED) is 0.619. The lowest BCUT2D eigenvalue weighted by Gasteiger charge is -2.11. The van der Waals surface area contributed by atoms with Crippen LogP contribution in [-0.4, -0.2) is 5.97 Å². The largest absolute Gasteiger partial charge is 0.489 e. The Labute approximate surface area is 152 Å². The zero-order valence-corrected chi connectivity index (χ0v) is 14.1. The van der Waals surface area contributed by atoms with Gasteiger partial charge in [-0.2, -0.15) is 5.26 Å². The van der Waals surface area contributed by atoms with Gasteiger partial charge < -0.3 is 9.47 Å². The summed E-state index contributed by atoms with van der Waals surface area (Å²) >= 11 is 0. The maximum Gasteiger partial charge on any atom is 0.338 e. The molecule has 3 aromatic carbocycles. The number of carbonyl (C=O) groups is 1. The van der Waals surface area contributed by atoms with Gasteiger partial charge in [-0.25, -0.2) is 4.79 Å². The van der Waals surface area contributed by atoms with Crippen LogP contribution in [0.4, 0.5) is 0 Å². The van der Waals surface area contributed by atoms with Gasteiger partial charge in [0, 0.05) is 5.56 Å². The van der Waals surface area contributed by atoms with Crippen molar-refractivity contribution in [3.05, 3.63) is 101 Å². The van der Waals surface area contributed by atoms with Crippen LogP contribution in [0.1, 0.15) is 27.0 Å². The van der Waals surface area contributed by atoms with Gasteiger partial charge in [0.05, 0.1) is 17.2 Å². The van der Waals surface area contributed by atoms with Crippen LogP contribution in [-0.2, 0) is 18.0 Å². The fourth-order valence-corrected chi connectivity index (χ4v) is 2.48. The molecule has 3 rings (SSSR count). The molecule has 128 valence electrons. The molecule has 0 saturated heterocycles. The zero-order chi connectivity index (χ0) is 18.2. The van der Waals surface area contributed by atoms with E-state index >= 15 is 0 Å². The van der Waals surface area contributed by atoms with Gasteiger partial charge in [-0.15, -0.1) is 0 Å². The zero-order valence-electron chi connectivity index (χ0n) is 14.1. The van der Waals surface area contributed by atoms with Gasteiger partial charge in [0.2, 0.25) is 0 Å². The van der Waals surface area contributed by atoms with Crippen molar-refractivity contribution in [2.75, 3.05) is 0 Å². The molecule has 0 bridgehead atoms. The van der Waals surface area contributed by atoms with Gasteiger partial charge in [0.25, 0.3) is 0 Å². The Morgan fingerprint density at radius 1 is 0.885 bits per heavy atom. The summed E-state index contributed by atoms with van der Waals surface area (Å²) in [5.74, 6) is 0.323. The third kappa shape index (κ3) is 4.49. The number of carbonyl (C=O) groups excluding carboxylic acids is 1. The van der Waals surface area contributed by atoms with Crippen LogP contribution in [0.25, 0.3) is 0 Å². The molecule has 0 heterocycles. The number of ether oxygens (including phenoxy) is 2. The number of hydrogen-bond donors (Lipinski definition) is 0. The van der Waals surface area contributed by atoms with Gasteiger partial charge in [0.1, 0.15) is 19.0 Å². The Kier molecular flexibility index (Phi) is 5.64. The first-order chi connectivity index (χ1) is 12.8. The fourth-order valence-electron chi connectivity index (χ4n) is 2.48. The Morgan fingerprint density at radius 2 is 1.65 bits per heavy atom. The predicted molar refractivity (Wildman–Crippen MR) is 97.5 cm³/mol. The molecule has 0 aliphatic carbocycles. The van der Waals surface area contributed by atoms with Crippen molar-refractivity contribution in [1.82, 2.24) is 0 Å². The van der Waals surface area contributed by atoms with Crippen LogP contribution < -0.4 is 4.74 Å². The summed E-state index contributed by atoms with van der Waals surface area (Å²) in [6, 6.07) is 25.7. The highest BCUT2D eigenvalue weighted by molar-refractivity contribution is 5.91. The first-order valence-electron chi connectivity index (χ1n) is 8.18. The molecule has 3 aromatic rings. The average molecular weight is 343 g/mol. The van der Waals surface area contributed by atoms with E-state index in [0.717, 1.165) is 16.9 Å². The summed E-state index contributed by atoms with van der Waals surface area (Å²) in [6.45, 7) is 0.390. The molecule has 0 spiro atoms.